The summed E-state index contributed by atoms with van der Waals surface area (Å²) in [6, 6.07) is 0. The van der Waals surface area contributed by atoms with Crippen LogP contribution in [0.15, 0.2) is 11.0 Å². The van der Waals surface area contributed by atoms with Crippen molar-refractivity contribution in [3.8, 4) is 0 Å². The zero-order valence-corrected chi connectivity index (χ0v) is 26.6. The molecule has 0 aliphatic rings. The highest BCUT2D eigenvalue weighted by atomic mass is 79.9. The van der Waals surface area contributed by atoms with E-state index in [4.69, 9.17) is 9.47 Å². The lowest BCUT2D eigenvalue weighted by atomic mass is 10.1. The standard InChI is InChI=1S/C26H46N2O2S2.2BrH/c1-23-25(15-19-29-3)31-21-27(23)17-13-11-9-7-5-6-8-10-12-14-18-28-22-32-26(24(28)2)16-20-30-4;;/h21-22H,5-20H2,1-4H3;2*1H/q+2;;/p-2. The van der Waals surface area contributed by atoms with Crippen LogP contribution in [0.25, 0.3) is 0 Å². The Balaban J connectivity index is 0.00000544. The van der Waals surface area contributed by atoms with Crippen LogP contribution in [0.5, 0.6) is 0 Å². The number of nitrogens with zero attached hydrogens (tertiary/aromatic N) is 2. The van der Waals surface area contributed by atoms with E-state index in [1.165, 1.54) is 98.4 Å². The lowest BCUT2D eigenvalue weighted by Crippen LogP contribution is -3.00. The molecule has 2 rings (SSSR count). The van der Waals surface area contributed by atoms with Crippen LogP contribution in [-0.2, 0) is 35.4 Å². The van der Waals surface area contributed by atoms with Gasteiger partial charge in [-0.1, -0.05) is 61.2 Å². The van der Waals surface area contributed by atoms with E-state index < -0.39 is 0 Å². The molecule has 0 aliphatic heterocycles. The first-order chi connectivity index (χ1) is 15.7. The zero-order chi connectivity index (χ0) is 23.0. The van der Waals surface area contributed by atoms with Gasteiger partial charge in [-0.2, -0.15) is 9.13 Å². The van der Waals surface area contributed by atoms with Gasteiger partial charge in [0.2, 0.25) is 11.0 Å². The number of halogens is 2. The second-order valence-electron chi connectivity index (χ2n) is 8.87. The van der Waals surface area contributed by atoms with E-state index in [-0.39, 0.29) is 34.0 Å². The molecule has 0 unspecified atom stereocenters. The Morgan fingerprint density at radius 1 is 0.588 bits per heavy atom. The molecule has 0 amide bonds. The van der Waals surface area contributed by atoms with Crippen molar-refractivity contribution >= 4 is 22.7 Å². The lowest BCUT2D eigenvalue weighted by Gasteiger charge is -2.02. The van der Waals surface area contributed by atoms with Gasteiger partial charge in [0.25, 0.3) is 0 Å². The molecule has 34 heavy (non-hydrogen) atoms. The third-order valence-electron chi connectivity index (χ3n) is 6.43. The predicted molar refractivity (Wildman–Crippen MR) is 136 cm³/mol. The number of rotatable bonds is 19. The molecule has 0 radical (unpaired) electrons. The van der Waals surface area contributed by atoms with Crippen LogP contribution in [-0.4, -0.2) is 27.4 Å². The Morgan fingerprint density at radius 3 is 1.24 bits per heavy atom. The molecule has 0 aromatic carbocycles. The molecule has 0 saturated carbocycles. The van der Waals surface area contributed by atoms with E-state index in [2.05, 4.69) is 34.0 Å². The minimum Gasteiger partial charge on any atom is -1.00 e. The van der Waals surface area contributed by atoms with Crippen molar-refractivity contribution in [2.45, 2.75) is 104 Å². The molecule has 0 N–H and O–H groups in total. The van der Waals surface area contributed by atoms with E-state index in [0.29, 0.717) is 0 Å². The fourth-order valence-corrected chi connectivity index (χ4v) is 6.21. The van der Waals surface area contributed by atoms with Crippen LogP contribution in [0.2, 0.25) is 0 Å². The maximum atomic E-state index is 5.21. The Bertz CT molecular complexity index is 691. The molecular weight excluding hydrogens is 596 g/mol. The summed E-state index contributed by atoms with van der Waals surface area (Å²) in [5.74, 6) is 0. The normalized spacial score (nSPS) is 10.8. The van der Waals surface area contributed by atoms with Gasteiger partial charge in [-0.15, -0.1) is 0 Å². The van der Waals surface area contributed by atoms with Crippen LogP contribution < -0.4 is 43.1 Å². The van der Waals surface area contributed by atoms with E-state index >= 15 is 0 Å². The molecule has 8 heteroatoms. The molecule has 4 nitrogen and oxygen atoms in total. The Hall–Kier alpha value is 0.140. The highest BCUT2D eigenvalue weighted by Gasteiger charge is 2.15. The number of thiazole rings is 2. The average molecular weight is 643 g/mol. The van der Waals surface area contributed by atoms with Gasteiger partial charge in [0.05, 0.1) is 23.0 Å². The number of aromatic nitrogens is 2. The summed E-state index contributed by atoms with van der Waals surface area (Å²) in [5, 5.41) is 0. The van der Waals surface area contributed by atoms with E-state index in [1.807, 2.05) is 22.7 Å². The van der Waals surface area contributed by atoms with Crippen LogP contribution in [0.4, 0.5) is 0 Å². The van der Waals surface area contributed by atoms with Crippen molar-refractivity contribution in [1.82, 2.24) is 0 Å². The van der Waals surface area contributed by atoms with Crippen molar-refractivity contribution in [3.63, 3.8) is 0 Å². The first kappa shape index (κ1) is 34.1. The Morgan fingerprint density at radius 2 is 0.912 bits per heavy atom. The molecule has 2 heterocycles. The maximum absolute atomic E-state index is 5.21. The van der Waals surface area contributed by atoms with E-state index in [9.17, 15) is 0 Å². The number of methoxy groups -OCH3 is 2. The fraction of sp³-hybridized carbons (Fsp3) is 0.769. The maximum Gasteiger partial charge on any atom is 0.225 e. The summed E-state index contributed by atoms with van der Waals surface area (Å²) in [6.07, 6.45) is 15.8. The van der Waals surface area contributed by atoms with Gasteiger partial charge < -0.3 is 43.4 Å². The Kier molecular flexibility index (Phi) is 21.3. The molecule has 0 fully saturated rings. The predicted octanol–water partition coefficient (Wildman–Crippen LogP) is -0.0116. The molecule has 0 saturated heterocycles. The number of aryl methyl sites for hydroxylation is 2. The highest BCUT2D eigenvalue weighted by Crippen LogP contribution is 2.15. The smallest absolute Gasteiger partial charge is 0.225 e. The Labute approximate surface area is 237 Å². The minimum atomic E-state index is 0. The summed E-state index contributed by atoms with van der Waals surface area (Å²) in [4.78, 5) is 2.95. The summed E-state index contributed by atoms with van der Waals surface area (Å²) in [5.41, 5.74) is 7.45. The second kappa shape index (κ2) is 21.2. The van der Waals surface area contributed by atoms with Crippen molar-refractivity contribution in [3.05, 3.63) is 32.2 Å². The van der Waals surface area contributed by atoms with Gasteiger partial charge in [0.15, 0.2) is 11.4 Å². The molecule has 0 spiro atoms. The number of hydrogen-bond donors (Lipinski definition) is 0. The molecule has 0 aliphatic carbocycles. The largest absolute Gasteiger partial charge is 1.00 e. The van der Waals surface area contributed by atoms with Gasteiger partial charge in [0.1, 0.15) is 13.1 Å². The van der Waals surface area contributed by atoms with Crippen LogP contribution in [0.3, 0.4) is 0 Å². The number of unbranched alkanes of at least 4 members (excludes halogenated alkanes) is 9. The van der Waals surface area contributed by atoms with Gasteiger partial charge in [-0.25, -0.2) is 0 Å². The molecule has 2 aromatic heterocycles. The number of ether oxygens (including phenoxy) is 2. The van der Waals surface area contributed by atoms with Crippen LogP contribution in [0.1, 0.15) is 85.4 Å². The summed E-state index contributed by atoms with van der Waals surface area (Å²) >= 11 is 3.76. The van der Waals surface area contributed by atoms with E-state index in [1.54, 1.807) is 14.2 Å². The molecule has 198 valence electrons. The number of hydrogen-bond acceptors (Lipinski definition) is 4. The quantitative estimate of drug-likeness (QED) is 0.159. The fourth-order valence-electron chi connectivity index (χ4n) is 4.19. The SMILES string of the molecule is COCCc1sc[n+](CCCCCCCCCCCC[n+]2csc(CCOC)c2C)c1C.[Br-].[Br-]. The van der Waals surface area contributed by atoms with Gasteiger partial charge in [-0.3, -0.25) is 0 Å². The topological polar surface area (TPSA) is 26.2 Å². The van der Waals surface area contributed by atoms with Gasteiger partial charge in [-0.05, 0) is 12.8 Å². The van der Waals surface area contributed by atoms with Crippen molar-refractivity contribution in [2.24, 2.45) is 0 Å². The van der Waals surface area contributed by atoms with Crippen molar-refractivity contribution in [2.75, 3.05) is 27.4 Å². The lowest BCUT2D eigenvalue weighted by molar-refractivity contribution is -0.698. The zero-order valence-electron chi connectivity index (χ0n) is 21.8. The second-order valence-corrected chi connectivity index (χ2v) is 10.8. The van der Waals surface area contributed by atoms with E-state index in [0.717, 1.165) is 26.1 Å². The van der Waals surface area contributed by atoms with Crippen LogP contribution in [0, 0.1) is 13.8 Å². The molecule has 0 atom stereocenters. The van der Waals surface area contributed by atoms with Crippen molar-refractivity contribution < 1.29 is 52.6 Å². The first-order valence-electron chi connectivity index (χ1n) is 12.6. The monoisotopic (exact) mass is 640 g/mol. The third kappa shape index (κ3) is 12.9. The third-order valence-corrected chi connectivity index (χ3v) is 8.72. The van der Waals surface area contributed by atoms with Crippen LogP contribution >= 0.6 is 22.7 Å². The summed E-state index contributed by atoms with van der Waals surface area (Å²) < 4.78 is 15.3. The highest BCUT2D eigenvalue weighted by molar-refractivity contribution is 7.09. The summed E-state index contributed by atoms with van der Waals surface area (Å²) in [6.45, 7) is 8.50. The summed E-state index contributed by atoms with van der Waals surface area (Å²) in [7, 11) is 3.56. The minimum absolute atomic E-state index is 0. The van der Waals surface area contributed by atoms with Gasteiger partial charge >= 0.3 is 0 Å². The molecular formula is C26H46Br2N2O2S2. The average Bonchev–Trinajstić information content (AvgIpc) is 3.33. The molecule has 2 aromatic rings. The van der Waals surface area contributed by atoms with Crippen molar-refractivity contribution in [1.29, 1.82) is 0 Å². The van der Waals surface area contributed by atoms with Gasteiger partial charge in [0, 0.05) is 53.8 Å². The molecule has 0 bridgehead atoms. The first-order valence-corrected chi connectivity index (χ1v) is 14.3.